The van der Waals surface area contributed by atoms with Crippen LogP contribution in [0.2, 0.25) is 0 Å². The van der Waals surface area contributed by atoms with Crippen molar-refractivity contribution < 1.29 is 24.9 Å². The maximum Gasteiger partial charge on any atom is 0.145 e. The Kier molecular flexibility index (Phi) is 12.3. The molecule has 2 aliphatic heterocycles. The molecular weight excluding hydrogens is 565 g/mol. The fourth-order valence-electron chi connectivity index (χ4n) is 7.50. The summed E-state index contributed by atoms with van der Waals surface area (Å²) in [5, 5.41) is 34.0. The second-order valence-corrected chi connectivity index (χ2v) is 15.1. The topological polar surface area (TPSA) is 87.0 Å². The Hall–Kier alpha value is -1.53. The molecule has 6 atom stereocenters. The van der Waals surface area contributed by atoms with Crippen LogP contribution in [0.3, 0.4) is 0 Å². The molecule has 7 heteroatoms. The van der Waals surface area contributed by atoms with Crippen LogP contribution in [0.5, 0.6) is 0 Å². The summed E-state index contributed by atoms with van der Waals surface area (Å²) in [5.41, 5.74) is 3.21. The number of allylic oxidation sites excluding steroid dienone is 8. The van der Waals surface area contributed by atoms with Gasteiger partial charge in [0.15, 0.2) is 0 Å². The Balaban J connectivity index is 1.69. The van der Waals surface area contributed by atoms with Crippen LogP contribution in [0, 0.1) is 29.1 Å². The first kappa shape index (κ1) is 33.4. The number of carbonyl (C=O) groups is 1. The van der Waals surface area contributed by atoms with E-state index in [0.717, 1.165) is 60.2 Å². The zero-order valence-corrected chi connectivity index (χ0v) is 26.9. The van der Waals surface area contributed by atoms with Gasteiger partial charge in [0.2, 0.25) is 0 Å². The van der Waals surface area contributed by atoms with Crippen LogP contribution < -0.4 is 0 Å². The van der Waals surface area contributed by atoms with Crippen LogP contribution in [-0.4, -0.2) is 64.1 Å². The van der Waals surface area contributed by atoms with Gasteiger partial charge in [0.25, 0.3) is 0 Å². The van der Waals surface area contributed by atoms with Gasteiger partial charge in [-0.15, -0.1) is 0 Å². The van der Waals surface area contributed by atoms with Crippen LogP contribution in [0.25, 0.3) is 0 Å². The highest BCUT2D eigenvalue weighted by atomic mass is 33.1. The summed E-state index contributed by atoms with van der Waals surface area (Å²) < 4.78 is 6.46. The molecule has 0 unspecified atom stereocenters. The monoisotopic (exact) mass is 612 g/mol. The number of carbonyl (C=O) groups excluding carboxylic acids is 1. The van der Waals surface area contributed by atoms with Gasteiger partial charge in [-0.3, -0.25) is 4.79 Å². The zero-order valence-electron chi connectivity index (χ0n) is 25.3. The van der Waals surface area contributed by atoms with Gasteiger partial charge in [0.1, 0.15) is 12.4 Å². The molecule has 0 aromatic heterocycles. The lowest BCUT2D eigenvalue weighted by atomic mass is 9.52. The predicted molar refractivity (Wildman–Crippen MR) is 175 cm³/mol. The van der Waals surface area contributed by atoms with E-state index in [2.05, 4.69) is 36.6 Å². The minimum atomic E-state index is -1.11. The number of aliphatic hydroxyl groups excluding tert-OH is 2. The second kappa shape index (κ2) is 15.5. The summed E-state index contributed by atoms with van der Waals surface area (Å²) in [7, 11) is 3.68. The molecule has 0 amide bonds. The van der Waals surface area contributed by atoms with Gasteiger partial charge < -0.3 is 20.1 Å². The zero-order chi connectivity index (χ0) is 30.2. The van der Waals surface area contributed by atoms with E-state index in [-0.39, 0.29) is 24.5 Å². The normalized spacial score (nSPS) is 39.2. The quantitative estimate of drug-likeness (QED) is 0.107. The van der Waals surface area contributed by atoms with Crippen LogP contribution in [0.1, 0.15) is 78.1 Å². The molecule has 3 N–H and O–H groups in total. The van der Waals surface area contributed by atoms with Crippen LogP contribution in [0.15, 0.2) is 58.7 Å². The first-order valence-electron chi connectivity index (χ1n) is 15.5. The average Bonchev–Trinajstić information content (AvgIpc) is 3.31. The van der Waals surface area contributed by atoms with Crippen molar-refractivity contribution in [3.63, 3.8) is 0 Å². The molecule has 0 aromatic rings. The molecular formula is C35H48O5S2. The van der Waals surface area contributed by atoms with Crippen LogP contribution in [-0.2, 0) is 9.53 Å². The smallest absolute Gasteiger partial charge is 0.145 e. The van der Waals surface area contributed by atoms with Gasteiger partial charge in [0.05, 0.1) is 18.3 Å². The molecule has 2 aliphatic carbocycles. The summed E-state index contributed by atoms with van der Waals surface area (Å²) >= 11 is 0. The van der Waals surface area contributed by atoms with Gasteiger partial charge in [0, 0.05) is 35.9 Å². The molecule has 5 nitrogen and oxygen atoms in total. The van der Waals surface area contributed by atoms with Gasteiger partial charge in [-0.2, -0.15) is 0 Å². The van der Waals surface area contributed by atoms with Crippen molar-refractivity contribution >= 4 is 27.9 Å². The lowest BCUT2D eigenvalue weighted by Crippen LogP contribution is -2.59. The fraction of sp³-hybridized carbons (Fsp3) is 0.629. The highest BCUT2D eigenvalue weighted by Gasteiger charge is 2.64. The van der Waals surface area contributed by atoms with Crippen molar-refractivity contribution in [3.05, 3.63) is 58.7 Å². The Morgan fingerprint density at radius 3 is 2.88 bits per heavy atom. The Labute approximate surface area is 260 Å². The van der Waals surface area contributed by atoms with Crippen molar-refractivity contribution in [2.75, 3.05) is 24.7 Å². The van der Waals surface area contributed by atoms with Gasteiger partial charge >= 0.3 is 0 Å². The van der Waals surface area contributed by atoms with E-state index in [9.17, 15) is 20.1 Å². The molecule has 42 heavy (non-hydrogen) atoms. The Morgan fingerprint density at radius 1 is 1.26 bits per heavy atom. The van der Waals surface area contributed by atoms with Crippen molar-refractivity contribution in [3.8, 4) is 11.8 Å². The molecule has 230 valence electrons. The van der Waals surface area contributed by atoms with E-state index in [1.54, 1.807) is 10.8 Å². The molecule has 0 aromatic carbocycles. The highest BCUT2D eigenvalue weighted by molar-refractivity contribution is 8.76. The largest absolute Gasteiger partial charge is 0.396 e. The Morgan fingerprint density at radius 2 is 2.10 bits per heavy atom. The van der Waals surface area contributed by atoms with Crippen LogP contribution >= 0.6 is 21.6 Å². The third-order valence-corrected chi connectivity index (χ3v) is 12.3. The molecule has 1 spiro atoms. The third kappa shape index (κ3) is 7.57. The van der Waals surface area contributed by atoms with Gasteiger partial charge in [-0.1, -0.05) is 81.0 Å². The first-order valence-corrected chi connectivity index (χ1v) is 18.0. The fourth-order valence-corrected chi connectivity index (χ4v) is 9.63. The summed E-state index contributed by atoms with van der Waals surface area (Å²) in [6.07, 6.45) is 15.6. The van der Waals surface area contributed by atoms with Crippen molar-refractivity contribution in [1.82, 2.24) is 0 Å². The number of aliphatic hydroxyl groups is 3. The third-order valence-electron chi connectivity index (χ3n) is 9.89. The average molecular weight is 613 g/mol. The number of fused-ring (bicyclic) bond motifs is 3. The maximum atomic E-state index is 12.3. The number of aldehydes is 1. The van der Waals surface area contributed by atoms with Crippen molar-refractivity contribution in [2.24, 2.45) is 17.3 Å². The van der Waals surface area contributed by atoms with Crippen molar-refractivity contribution in [1.29, 1.82) is 0 Å². The standard InChI is InChI=1S/C35H48O5S2/c1-25-8-4-10-27-11-6-13-29(24-42-41-21-17-27)40-23-28(12-5-9-25)31-16-19-35(33(31)38)32(14-7-20-36)30(26(2)22-37)15-18-34(35,3)39/h5,9-10,12,22,29,31-33,36,38-39H,1,4,7-8,11,14-21,23-24H2,2-3H3/b9-5+,27-10+,28-12-,30-26+/t29-,31+,32+,33+,34+,35+/m0/s1. The maximum absolute atomic E-state index is 12.3. The molecule has 4 rings (SSSR count). The minimum Gasteiger partial charge on any atom is -0.396 e. The predicted octanol–water partition coefficient (Wildman–Crippen LogP) is 6.52. The minimum absolute atomic E-state index is 0.0328. The van der Waals surface area contributed by atoms with E-state index in [4.69, 9.17) is 4.74 Å². The van der Waals surface area contributed by atoms with E-state index in [1.165, 1.54) is 5.57 Å². The lowest BCUT2D eigenvalue weighted by molar-refractivity contribution is -0.167. The summed E-state index contributed by atoms with van der Waals surface area (Å²) in [4.78, 5) is 11.9. The number of ether oxygens (including phenoxy) is 1. The van der Waals surface area contributed by atoms with Crippen molar-refractivity contribution in [2.45, 2.75) is 95.9 Å². The van der Waals surface area contributed by atoms with Gasteiger partial charge in [-0.05, 0) is 88.7 Å². The lowest BCUT2D eigenvalue weighted by Gasteiger charge is -2.55. The number of hydrogen-bond donors (Lipinski definition) is 3. The number of rotatable bonds is 5. The summed E-state index contributed by atoms with van der Waals surface area (Å²) in [6, 6.07) is 0. The molecule has 0 saturated heterocycles. The van der Waals surface area contributed by atoms with E-state index < -0.39 is 17.1 Å². The van der Waals surface area contributed by atoms with E-state index in [1.807, 2.05) is 30.7 Å². The molecule has 2 bridgehead atoms. The van der Waals surface area contributed by atoms with Crippen LogP contribution in [0.4, 0.5) is 0 Å². The van der Waals surface area contributed by atoms with E-state index in [0.29, 0.717) is 50.7 Å². The second-order valence-electron chi connectivity index (χ2n) is 12.5. The molecule has 4 aliphatic rings. The molecule has 2 saturated carbocycles. The Bertz CT molecular complexity index is 1170. The molecule has 0 radical (unpaired) electrons. The van der Waals surface area contributed by atoms with E-state index >= 15 is 0 Å². The molecule has 2 heterocycles. The highest BCUT2D eigenvalue weighted by Crippen LogP contribution is 2.63. The SMILES string of the molecule is C=C1/C=C/C=C(\[C@H]2CC[C@@]3([C@H](CCCO)/C(=C(\C)C=O)CC[C@@]3(C)O)[C@@H]2O)CO[C@H]2C#CC/C(=C\CC1)CCSSC2. The number of hydrogen-bond acceptors (Lipinski definition) is 7. The summed E-state index contributed by atoms with van der Waals surface area (Å²) in [5.74, 6) is 8.19. The first-order chi connectivity index (χ1) is 20.2. The molecule has 2 fully saturated rings. The van der Waals surface area contributed by atoms with Gasteiger partial charge in [-0.25, -0.2) is 0 Å². The summed E-state index contributed by atoms with van der Waals surface area (Å²) in [6.45, 7) is 8.33.